The van der Waals surface area contributed by atoms with Crippen LogP contribution >= 0.6 is 0 Å². The highest BCUT2D eigenvalue weighted by molar-refractivity contribution is 6.06. The molecule has 2 heterocycles. The highest BCUT2D eigenvalue weighted by Gasteiger charge is 2.36. The minimum atomic E-state index is -0.649. The molecular formula is C11H15N5O3. The third-order valence-electron chi connectivity index (χ3n) is 2.82. The van der Waals surface area contributed by atoms with Gasteiger partial charge in [0.05, 0.1) is 13.0 Å². The molecule has 0 aliphatic carbocycles. The molecule has 8 heteroatoms. The maximum atomic E-state index is 11.8. The Hall–Kier alpha value is -2.38. The molecule has 1 aliphatic rings. The standard InChI is InChI=1S/C11H15N5O3/c1-3-19-10-8(12)9(13-5-14-10)15-6-4-7(17)16(2)11(6)18/h5-6H,3-4,12H2,1-2H3,(H,13,14,15). The third-order valence-corrected chi connectivity index (χ3v) is 2.82. The first-order chi connectivity index (χ1) is 9.04. The zero-order valence-corrected chi connectivity index (χ0v) is 10.7. The molecule has 1 fully saturated rings. The minimum Gasteiger partial charge on any atom is -0.476 e. The van der Waals surface area contributed by atoms with Gasteiger partial charge in [-0.3, -0.25) is 14.5 Å². The molecule has 2 amide bonds. The number of rotatable bonds is 4. The lowest BCUT2D eigenvalue weighted by Gasteiger charge is -2.14. The number of carbonyl (C=O) groups is 2. The van der Waals surface area contributed by atoms with E-state index in [0.717, 1.165) is 4.90 Å². The predicted octanol–water partition coefficient (Wildman–Crippen LogP) is -0.373. The van der Waals surface area contributed by atoms with Crippen LogP contribution in [0.4, 0.5) is 11.5 Å². The average molecular weight is 265 g/mol. The van der Waals surface area contributed by atoms with Gasteiger partial charge in [-0.1, -0.05) is 0 Å². The van der Waals surface area contributed by atoms with Gasteiger partial charge in [0.2, 0.25) is 11.8 Å². The summed E-state index contributed by atoms with van der Waals surface area (Å²) in [6.07, 6.45) is 1.37. The summed E-state index contributed by atoms with van der Waals surface area (Å²) < 4.78 is 5.23. The summed E-state index contributed by atoms with van der Waals surface area (Å²) in [4.78, 5) is 32.1. The van der Waals surface area contributed by atoms with Crippen LogP contribution in [0.2, 0.25) is 0 Å². The number of likely N-dealkylation sites (tertiary alicyclic amines) is 1. The lowest BCUT2D eigenvalue weighted by molar-refractivity contribution is -0.136. The van der Waals surface area contributed by atoms with E-state index in [2.05, 4.69) is 15.3 Å². The number of hydrogen-bond donors (Lipinski definition) is 2. The number of nitrogens with one attached hydrogen (secondary N) is 1. The molecule has 0 bridgehead atoms. The molecule has 0 radical (unpaired) electrons. The maximum absolute atomic E-state index is 11.8. The fourth-order valence-corrected chi connectivity index (χ4v) is 1.78. The summed E-state index contributed by atoms with van der Waals surface area (Å²) in [5, 5.41) is 2.85. The summed E-state index contributed by atoms with van der Waals surface area (Å²) in [6.45, 7) is 2.23. The molecule has 102 valence electrons. The first-order valence-corrected chi connectivity index (χ1v) is 5.84. The Balaban J connectivity index is 2.18. The SMILES string of the molecule is CCOc1ncnc(NC2CC(=O)N(C)C2=O)c1N. The third kappa shape index (κ3) is 2.42. The number of hydrogen-bond acceptors (Lipinski definition) is 7. The molecule has 1 aromatic rings. The molecule has 19 heavy (non-hydrogen) atoms. The lowest BCUT2D eigenvalue weighted by atomic mass is 10.2. The molecule has 8 nitrogen and oxygen atoms in total. The summed E-state index contributed by atoms with van der Waals surface area (Å²) in [5.41, 5.74) is 6.06. The fraction of sp³-hybridized carbons (Fsp3) is 0.455. The van der Waals surface area contributed by atoms with E-state index in [9.17, 15) is 9.59 Å². The molecule has 1 aromatic heterocycles. The monoisotopic (exact) mass is 265 g/mol. The first-order valence-electron chi connectivity index (χ1n) is 5.84. The van der Waals surface area contributed by atoms with Crippen LogP contribution < -0.4 is 15.8 Å². The number of anilines is 2. The molecule has 1 unspecified atom stereocenters. The van der Waals surface area contributed by atoms with E-state index >= 15 is 0 Å². The molecule has 0 saturated carbocycles. The minimum absolute atomic E-state index is 0.0861. The quantitative estimate of drug-likeness (QED) is 0.714. The van der Waals surface area contributed by atoms with Gasteiger partial charge in [0, 0.05) is 7.05 Å². The van der Waals surface area contributed by atoms with Gasteiger partial charge in [-0.05, 0) is 6.92 Å². The topological polar surface area (TPSA) is 110 Å². The number of likely N-dealkylation sites (N-methyl/N-ethyl adjacent to an activating group) is 1. The Kier molecular flexibility index (Phi) is 3.50. The van der Waals surface area contributed by atoms with Crippen LogP contribution in [-0.4, -0.2) is 46.4 Å². The van der Waals surface area contributed by atoms with Gasteiger partial charge in [0.25, 0.3) is 5.91 Å². The van der Waals surface area contributed by atoms with Crippen LogP contribution in [-0.2, 0) is 9.59 Å². The molecule has 0 aromatic carbocycles. The Morgan fingerprint density at radius 1 is 1.53 bits per heavy atom. The number of nitrogens with zero attached hydrogens (tertiary/aromatic N) is 3. The number of nitrogen functional groups attached to an aromatic ring is 1. The first kappa shape index (κ1) is 13.1. The van der Waals surface area contributed by atoms with Gasteiger partial charge in [-0.15, -0.1) is 0 Å². The van der Waals surface area contributed by atoms with Crippen molar-refractivity contribution in [2.24, 2.45) is 0 Å². The van der Waals surface area contributed by atoms with Gasteiger partial charge in [0.15, 0.2) is 5.82 Å². The van der Waals surface area contributed by atoms with Crippen LogP contribution in [0.25, 0.3) is 0 Å². The van der Waals surface area contributed by atoms with Crippen molar-refractivity contribution in [3.8, 4) is 5.88 Å². The second kappa shape index (κ2) is 5.09. The zero-order valence-electron chi connectivity index (χ0n) is 10.7. The van der Waals surface area contributed by atoms with Crippen molar-refractivity contribution in [1.29, 1.82) is 0 Å². The fourth-order valence-electron chi connectivity index (χ4n) is 1.78. The number of carbonyl (C=O) groups excluding carboxylic acids is 2. The Morgan fingerprint density at radius 3 is 2.84 bits per heavy atom. The van der Waals surface area contributed by atoms with Crippen molar-refractivity contribution in [3.63, 3.8) is 0 Å². The Labute approximate surface area is 110 Å². The van der Waals surface area contributed by atoms with E-state index in [1.54, 1.807) is 0 Å². The predicted molar refractivity (Wildman–Crippen MR) is 67.4 cm³/mol. The maximum Gasteiger partial charge on any atom is 0.251 e. The highest BCUT2D eigenvalue weighted by Crippen LogP contribution is 2.26. The van der Waals surface area contributed by atoms with Crippen LogP contribution in [0.15, 0.2) is 6.33 Å². The molecule has 1 atom stereocenters. The second-order valence-corrected chi connectivity index (χ2v) is 4.07. The van der Waals surface area contributed by atoms with Crippen molar-refractivity contribution in [2.75, 3.05) is 24.7 Å². The van der Waals surface area contributed by atoms with Crippen LogP contribution in [0.1, 0.15) is 13.3 Å². The average Bonchev–Trinajstić information content (AvgIpc) is 2.62. The molecular weight excluding hydrogens is 250 g/mol. The van der Waals surface area contributed by atoms with Crippen LogP contribution in [0.5, 0.6) is 5.88 Å². The van der Waals surface area contributed by atoms with Crippen molar-refractivity contribution in [1.82, 2.24) is 14.9 Å². The van der Waals surface area contributed by atoms with Crippen molar-refractivity contribution in [2.45, 2.75) is 19.4 Å². The second-order valence-electron chi connectivity index (χ2n) is 4.07. The molecule has 2 rings (SSSR count). The van der Waals surface area contributed by atoms with Crippen molar-refractivity contribution < 1.29 is 14.3 Å². The van der Waals surface area contributed by atoms with E-state index < -0.39 is 6.04 Å². The molecule has 0 spiro atoms. The van der Waals surface area contributed by atoms with Gasteiger partial charge in [-0.25, -0.2) is 4.98 Å². The van der Waals surface area contributed by atoms with E-state index in [1.807, 2.05) is 6.92 Å². The number of ether oxygens (including phenoxy) is 1. The zero-order chi connectivity index (χ0) is 14.0. The van der Waals surface area contributed by atoms with Gasteiger partial charge in [0.1, 0.15) is 18.1 Å². The number of imide groups is 1. The number of nitrogens with two attached hydrogens (primary N) is 1. The molecule has 1 aliphatic heterocycles. The van der Waals surface area contributed by atoms with Crippen LogP contribution in [0.3, 0.4) is 0 Å². The van der Waals surface area contributed by atoms with Crippen LogP contribution in [0, 0.1) is 0 Å². The van der Waals surface area contributed by atoms with E-state index in [4.69, 9.17) is 10.5 Å². The summed E-state index contributed by atoms with van der Waals surface area (Å²) in [6, 6.07) is -0.649. The highest BCUT2D eigenvalue weighted by atomic mass is 16.5. The number of aromatic nitrogens is 2. The summed E-state index contributed by atoms with van der Waals surface area (Å²) in [7, 11) is 1.45. The summed E-state index contributed by atoms with van der Waals surface area (Å²) in [5.74, 6) is 0.00570. The molecule has 1 saturated heterocycles. The van der Waals surface area contributed by atoms with Crippen molar-refractivity contribution >= 4 is 23.3 Å². The normalized spacial score (nSPS) is 18.8. The largest absolute Gasteiger partial charge is 0.476 e. The van der Waals surface area contributed by atoms with Gasteiger partial charge < -0.3 is 15.8 Å². The Bertz CT molecular complexity index is 519. The van der Waals surface area contributed by atoms with Crippen molar-refractivity contribution in [3.05, 3.63) is 6.33 Å². The van der Waals surface area contributed by atoms with Gasteiger partial charge in [-0.2, -0.15) is 4.98 Å². The lowest BCUT2D eigenvalue weighted by Crippen LogP contribution is -2.32. The van der Waals surface area contributed by atoms with E-state index in [0.29, 0.717) is 12.4 Å². The van der Waals surface area contributed by atoms with Gasteiger partial charge >= 0.3 is 0 Å². The smallest absolute Gasteiger partial charge is 0.251 e. The summed E-state index contributed by atoms with van der Waals surface area (Å²) >= 11 is 0. The Morgan fingerprint density at radius 2 is 2.26 bits per heavy atom. The van der Waals surface area contributed by atoms with E-state index in [-0.39, 0.29) is 29.8 Å². The molecule has 3 N–H and O–H groups in total. The van der Waals surface area contributed by atoms with E-state index in [1.165, 1.54) is 13.4 Å². The number of amides is 2.